The minimum Gasteiger partial charge on any atom is -0.497 e. The molecule has 9 heteroatoms. The normalized spacial score (nSPS) is 13.7. The van der Waals surface area contributed by atoms with Crippen LogP contribution in [0.15, 0.2) is 36.7 Å². The minimum atomic E-state index is -0.290. The van der Waals surface area contributed by atoms with Crippen LogP contribution >= 0.6 is 0 Å². The van der Waals surface area contributed by atoms with Gasteiger partial charge in [-0.25, -0.2) is 14.8 Å². The maximum absolute atomic E-state index is 12.3. The highest BCUT2D eigenvalue weighted by Crippen LogP contribution is 2.14. The maximum Gasteiger partial charge on any atom is 0.409 e. The molecule has 2 amide bonds. The molecule has 9 nitrogen and oxygen atoms in total. The molecule has 1 aromatic carbocycles. The van der Waals surface area contributed by atoms with E-state index in [0.29, 0.717) is 45.1 Å². The Labute approximate surface area is 169 Å². The molecule has 1 saturated heterocycles. The van der Waals surface area contributed by atoms with E-state index in [9.17, 15) is 9.59 Å². The van der Waals surface area contributed by atoms with Gasteiger partial charge in [0.05, 0.1) is 26.1 Å². The molecule has 0 radical (unpaired) electrons. The van der Waals surface area contributed by atoms with Crippen LogP contribution < -0.4 is 15.0 Å². The zero-order chi connectivity index (χ0) is 20.6. The summed E-state index contributed by atoms with van der Waals surface area (Å²) in [5.74, 6) is 1.16. The molecule has 3 rings (SSSR count). The van der Waals surface area contributed by atoms with Gasteiger partial charge in [0.25, 0.3) is 5.91 Å². The van der Waals surface area contributed by atoms with Gasteiger partial charge in [0.1, 0.15) is 17.3 Å². The molecular formula is C20H25N5O4. The Morgan fingerprint density at radius 2 is 1.79 bits per heavy atom. The molecule has 1 aliphatic rings. The van der Waals surface area contributed by atoms with Crippen LogP contribution in [0.1, 0.15) is 23.0 Å². The number of carbonyl (C=O) groups is 2. The summed E-state index contributed by atoms with van der Waals surface area (Å²) >= 11 is 0. The number of carbonyl (C=O) groups excluding carboxylic acids is 2. The Morgan fingerprint density at radius 1 is 1.07 bits per heavy atom. The van der Waals surface area contributed by atoms with E-state index in [4.69, 9.17) is 9.47 Å². The Kier molecular flexibility index (Phi) is 6.83. The SMILES string of the molecule is CCOC(=O)N1CCN(c2cnc(C(=O)NCc3ccc(OC)cc3)cn2)CC1. The average molecular weight is 399 g/mol. The Hall–Kier alpha value is -3.36. The van der Waals surface area contributed by atoms with Gasteiger partial charge in [0.2, 0.25) is 0 Å². The van der Waals surface area contributed by atoms with Crippen molar-refractivity contribution in [2.24, 2.45) is 0 Å². The number of benzene rings is 1. The highest BCUT2D eigenvalue weighted by Gasteiger charge is 2.23. The van der Waals surface area contributed by atoms with E-state index in [1.54, 1.807) is 25.1 Å². The van der Waals surface area contributed by atoms with Gasteiger partial charge < -0.3 is 24.6 Å². The Morgan fingerprint density at radius 3 is 2.38 bits per heavy atom. The molecule has 1 fully saturated rings. The van der Waals surface area contributed by atoms with Crippen molar-refractivity contribution in [2.75, 3.05) is 44.8 Å². The van der Waals surface area contributed by atoms with Gasteiger partial charge in [-0.05, 0) is 24.6 Å². The number of amides is 2. The first-order valence-electron chi connectivity index (χ1n) is 9.50. The number of ether oxygens (including phenoxy) is 2. The number of piperazine rings is 1. The topological polar surface area (TPSA) is 96.9 Å². The second-order valence-electron chi connectivity index (χ2n) is 6.46. The number of nitrogens with one attached hydrogen (secondary N) is 1. The van der Waals surface area contributed by atoms with Crippen LogP contribution in [-0.2, 0) is 11.3 Å². The van der Waals surface area contributed by atoms with Gasteiger partial charge in [0.15, 0.2) is 0 Å². The van der Waals surface area contributed by atoms with Crippen molar-refractivity contribution >= 4 is 17.8 Å². The van der Waals surface area contributed by atoms with Crippen LogP contribution in [0.3, 0.4) is 0 Å². The molecule has 1 N–H and O–H groups in total. The molecule has 0 unspecified atom stereocenters. The molecule has 1 aliphatic heterocycles. The Bertz CT molecular complexity index is 818. The van der Waals surface area contributed by atoms with Crippen LogP contribution in [0.5, 0.6) is 5.75 Å². The predicted molar refractivity (Wildman–Crippen MR) is 107 cm³/mol. The lowest BCUT2D eigenvalue weighted by molar-refractivity contribution is 0.0944. The lowest BCUT2D eigenvalue weighted by Crippen LogP contribution is -2.49. The molecule has 0 bridgehead atoms. The van der Waals surface area contributed by atoms with E-state index >= 15 is 0 Å². The summed E-state index contributed by atoms with van der Waals surface area (Å²) in [6.45, 7) is 4.94. The van der Waals surface area contributed by atoms with Crippen LogP contribution in [0.2, 0.25) is 0 Å². The summed E-state index contributed by atoms with van der Waals surface area (Å²) < 4.78 is 10.1. The summed E-state index contributed by atoms with van der Waals surface area (Å²) in [7, 11) is 1.61. The number of hydrogen-bond donors (Lipinski definition) is 1. The zero-order valence-corrected chi connectivity index (χ0v) is 16.6. The van der Waals surface area contributed by atoms with Crippen molar-refractivity contribution in [1.82, 2.24) is 20.2 Å². The highest BCUT2D eigenvalue weighted by atomic mass is 16.6. The summed E-state index contributed by atoms with van der Waals surface area (Å²) in [5, 5.41) is 2.83. The van der Waals surface area contributed by atoms with E-state index in [0.717, 1.165) is 11.3 Å². The Balaban J connectivity index is 1.50. The fourth-order valence-corrected chi connectivity index (χ4v) is 2.95. The van der Waals surface area contributed by atoms with Gasteiger partial charge in [-0.2, -0.15) is 0 Å². The first-order valence-corrected chi connectivity index (χ1v) is 9.50. The molecule has 154 valence electrons. The van der Waals surface area contributed by atoms with Crippen molar-refractivity contribution in [2.45, 2.75) is 13.5 Å². The summed E-state index contributed by atoms with van der Waals surface area (Å²) in [5.41, 5.74) is 1.22. The van der Waals surface area contributed by atoms with E-state index < -0.39 is 0 Å². The lowest BCUT2D eigenvalue weighted by Gasteiger charge is -2.34. The summed E-state index contributed by atoms with van der Waals surface area (Å²) in [6, 6.07) is 7.48. The third-order valence-electron chi connectivity index (χ3n) is 4.61. The number of methoxy groups -OCH3 is 1. The first-order chi connectivity index (χ1) is 14.1. The van der Waals surface area contributed by atoms with Crippen LogP contribution in [0.4, 0.5) is 10.6 Å². The van der Waals surface area contributed by atoms with Crippen LogP contribution in [0.25, 0.3) is 0 Å². The quantitative estimate of drug-likeness (QED) is 0.789. The second-order valence-corrected chi connectivity index (χ2v) is 6.46. The van der Waals surface area contributed by atoms with E-state index in [-0.39, 0.29) is 17.7 Å². The third-order valence-corrected chi connectivity index (χ3v) is 4.61. The maximum atomic E-state index is 12.3. The van der Waals surface area contributed by atoms with E-state index in [1.807, 2.05) is 29.2 Å². The predicted octanol–water partition coefficient (Wildman–Crippen LogP) is 1.69. The molecule has 0 spiro atoms. The van der Waals surface area contributed by atoms with Gasteiger partial charge >= 0.3 is 6.09 Å². The molecule has 0 aliphatic carbocycles. The summed E-state index contributed by atoms with van der Waals surface area (Å²) in [6.07, 6.45) is 2.76. The fourth-order valence-electron chi connectivity index (χ4n) is 2.95. The van der Waals surface area contributed by atoms with Crippen molar-refractivity contribution in [3.63, 3.8) is 0 Å². The molecule has 1 aromatic heterocycles. The van der Waals surface area contributed by atoms with E-state index in [1.165, 1.54) is 6.20 Å². The number of rotatable bonds is 6. The second kappa shape index (κ2) is 9.72. The average Bonchev–Trinajstić information content (AvgIpc) is 2.78. The molecule has 29 heavy (non-hydrogen) atoms. The van der Waals surface area contributed by atoms with Crippen molar-refractivity contribution < 1.29 is 19.1 Å². The first kappa shape index (κ1) is 20.4. The molecule has 2 aromatic rings. The zero-order valence-electron chi connectivity index (χ0n) is 16.6. The van der Waals surface area contributed by atoms with Gasteiger partial charge in [-0.1, -0.05) is 12.1 Å². The number of aromatic nitrogens is 2. The molecule has 0 atom stereocenters. The van der Waals surface area contributed by atoms with Crippen molar-refractivity contribution in [3.8, 4) is 5.75 Å². The van der Waals surface area contributed by atoms with Crippen LogP contribution in [0, 0.1) is 0 Å². The smallest absolute Gasteiger partial charge is 0.409 e. The van der Waals surface area contributed by atoms with E-state index in [2.05, 4.69) is 15.3 Å². The highest BCUT2D eigenvalue weighted by molar-refractivity contribution is 5.91. The van der Waals surface area contributed by atoms with Crippen LogP contribution in [-0.4, -0.2) is 66.8 Å². The van der Waals surface area contributed by atoms with Gasteiger partial charge in [-0.15, -0.1) is 0 Å². The van der Waals surface area contributed by atoms with Gasteiger partial charge in [0, 0.05) is 32.7 Å². The standard InChI is InChI=1S/C20H25N5O4/c1-3-29-20(27)25-10-8-24(9-11-25)18-14-21-17(13-22-18)19(26)23-12-15-4-6-16(28-2)7-5-15/h4-7,13-14H,3,8-12H2,1-2H3,(H,23,26). The number of nitrogens with zero attached hydrogens (tertiary/aromatic N) is 4. The van der Waals surface area contributed by atoms with Crippen molar-refractivity contribution in [3.05, 3.63) is 47.9 Å². The monoisotopic (exact) mass is 399 g/mol. The van der Waals surface area contributed by atoms with Crippen molar-refractivity contribution in [1.29, 1.82) is 0 Å². The molecule has 2 heterocycles. The number of anilines is 1. The van der Waals surface area contributed by atoms with Gasteiger partial charge in [-0.3, -0.25) is 4.79 Å². The number of hydrogen-bond acceptors (Lipinski definition) is 7. The molecular weight excluding hydrogens is 374 g/mol. The third kappa shape index (κ3) is 5.34. The lowest BCUT2D eigenvalue weighted by atomic mass is 10.2. The largest absolute Gasteiger partial charge is 0.497 e. The summed E-state index contributed by atoms with van der Waals surface area (Å²) in [4.78, 5) is 36.4. The molecule has 0 saturated carbocycles. The minimum absolute atomic E-state index is 0.257. The fraction of sp³-hybridized carbons (Fsp3) is 0.400.